The summed E-state index contributed by atoms with van der Waals surface area (Å²) in [5, 5.41) is 11.6. The molecule has 0 radical (unpaired) electrons. The van der Waals surface area contributed by atoms with Crippen LogP contribution in [0.15, 0.2) is 22.7 Å². The Kier molecular flexibility index (Phi) is 3.80. The van der Waals surface area contributed by atoms with Crippen LogP contribution < -0.4 is 10.2 Å². The van der Waals surface area contributed by atoms with E-state index >= 15 is 0 Å². The number of hydrogen-bond donors (Lipinski definition) is 2. The van der Waals surface area contributed by atoms with Crippen LogP contribution in [0.2, 0.25) is 0 Å². The number of rotatable bonds is 4. The zero-order chi connectivity index (χ0) is 14.2. The molecule has 2 rings (SSSR count). The second kappa shape index (κ2) is 5.21. The molecule has 1 fully saturated rings. The van der Waals surface area contributed by atoms with E-state index in [1.807, 2.05) is 37.2 Å². The summed E-state index contributed by atoms with van der Waals surface area (Å²) < 4.78 is 0.860. The molecule has 5 nitrogen and oxygen atoms in total. The van der Waals surface area contributed by atoms with Crippen molar-refractivity contribution in [3.63, 3.8) is 0 Å². The molecule has 1 aromatic carbocycles. The Hall–Kier alpha value is -1.56. The molecule has 0 bridgehead atoms. The number of nitrogens with one attached hydrogen (secondary N) is 1. The van der Waals surface area contributed by atoms with Crippen LogP contribution in [-0.4, -0.2) is 31.1 Å². The van der Waals surface area contributed by atoms with E-state index in [1.54, 1.807) is 0 Å². The number of hydrogen-bond acceptors (Lipinski definition) is 3. The fraction of sp³-hybridized carbons (Fsp3) is 0.385. The van der Waals surface area contributed by atoms with Crippen LogP contribution >= 0.6 is 15.9 Å². The van der Waals surface area contributed by atoms with Crippen molar-refractivity contribution in [3.8, 4) is 0 Å². The molecule has 102 valence electrons. The monoisotopic (exact) mass is 326 g/mol. The summed E-state index contributed by atoms with van der Waals surface area (Å²) in [7, 11) is 3.77. The van der Waals surface area contributed by atoms with Gasteiger partial charge in [0.2, 0.25) is 5.91 Å². The summed E-state index contributed by atoms with van der Waals surface area (Å²) in [4.78, 5) is 24.6. The first-order chi connectivity index (χ1) is 8.90. The first kappa shape index (κ1) is 13.9. The van der Waals surface area contributed by atoms with Crippen molar-refractivity contribution >= 4 is 39.2 Å². The Balaban J connectivity index is 2.13. The molecule has 6 heteroatoms. The summed E-state index contributed by atoms with van der Waals surface area (Å²) in [6.07, 6.45) is 0.423. The van der Waals surface area contributed by atoms with Crippen molar-refractivity contribution < 1.29 is 14.7 Å². The second-order valence-corrected chi connectivity index (χ2v) is 5.75. The molecule has 0 spiro atoms. The summed E-state index contributed by atoms with van der Waals surface area (Å²) in [6.45, 7) is 0. The smallest absolute Gasteiger partial charge is 0.307 e. The van der Waals surface area contributed by atoms with E-state index in [-0.39, 0.29) is 5.91 Å². The molecular formula is C13H15BrN2O3. The van der Waals surface area contributed by atoms with Crippen LogP contribution in [-0.2, 0) is 9.59 Å². The number of carboxylic acid groups (broad SMARTS) is 1. The minimum Gasteiger partial charge on any atom is -0.481 e. The third-order valence-electron chi connectivity index (χ3n) is 3.14. The Bertz CT molecular complexity index is 531. The van der Waals surface area contributed by atoms with E-state index in [2.05, 4.69) is 21.2 Å². The first-order valence-corrected chi connectivity index (χ1v) is 6.70. The SMILES string of the molecule is CN(C)c1ccc(Br)cc1NC(=O)C1CC1C(=O)O. The maximum atomic E-state index is 12.0. The number of nitrogens with zero attached hydrogens (tertiary/aromatic N) is 1. The van der Waals surface area contributed by atoms with Gasteiger partial charge >= 0.3 is 5.97 Å². The van der Waals surface area contributed by atoms with Gasteiger partial charge in [0.25, 0.3) is 0 Å². The van der Waals surface area contributed by atoms with Crippen LogP contribution in [0.25, 0.3) is 0 Å². The number of amides is 1. The van der Waals surface area contributed by atoms with E-state index in [1.165, 1.54) is 0 Å². The lowest BCUT2D eigenvalue weighted by molar-refractivity contribution is -0.139. The molecule has 0 saturated heterocycles. The van der Waals surface area contributed by atoms with Crippen molar-refractivity contribution in [2.24, 2.45) is 11.8 Å². The number of aliphatic carboxylic acids is 1. The van der Waals surface area contributed by atoms with Crippen molar-refractivity contribution in [2.45, 2.75) is 6.42 Å². The van der Waals surface area contributed by atoms with Gasteiger partial charge in [-0.25, -0.2) is 0 Å². The topological polar surface area (TPSA) is 69.6 Å². The fourth-order valence-electron chi connectivity index (χ4n) is 1.98. The van der Waals surface area contributed by atoms with Crippen LogP contribution in [0, 0.1) is 11.8 Å². The number of halogens is 1. The number of carbonyl (C=O) groups is 2. The molecule has 1 aromatic rings. The number of anilines is 2. The third-order valence-corrected chi connectivity index (χ3v) is 3.64. The van der Waals surface area contributed by atoms with Gasteiger partial charge in [-0.05, 0) is 24.6 Å². The standard InChI is InChI=1S/C13H15BrN2O3/c1-16(2)11-4-3-7(14)5-10(11)15-12(17)8-6-9(8)13(18)19/h3-5,8-9H,6H2,1-2H3,(H,15,17)(H,18,19). The van der Waals surface area contributed by atoms with E-state index in [0.717, 1.165) is 10.2 Å². The van der Waals surface area contributed by atoms with Crippen molar-refractivity contribution in [1.29, 1.82) is 0 Å². The van der Waals surface area contributed by atoms with Gasteiger partial charge in [0.1, 0.15) is 0 Å². The third kappa shape index (κ3) is 3.07. The largest absolute Gasteiger partial charge is 0.481 e. The Labute approximate surface area is 119 Å². The second-order valence-electron chi connectivity index (χ2n) is 4.83. The Morgan fingerprint density at radius 2 is 2.05 bits per heavy atom. The molecule has 1 saturated carbocycles. The maximum Gasteiger partial charge on any atom is 0.307 e. The van der Waals surface area contributed by atoms with E-state index in [9.17, 15) is 9.59 Å². The lowest BCUT2D eigenvalue weighted by atomic mass is 10.2. The molecule has 2 unspecified atom stereocenters. The number of carboxylic acids is 1. The van der Waals surface area contributed by atoms with Gasteiger partial charge in [-0.2, -0.15) is 0 Å². The highest BCUT2D eigenvalue weighted by atomic mass is 79.9. The van der Waals surface area contributed by atoms with Crippen LogP contribution in [0.4, 0.5) is 11.4 Å². The lowest BCUT2D eigenvalue weighted by Gasteiger charge is -2.18. The van der Waals surface area contributed by atoms with Gasteiger partial charge in [0, 0.05) is 18.6 Å². The van der Waals surface area contributed by atoms with Gasteiger partial charge in [-0.1, -0.05) is 15.9 Å². The molecule has 1 aliphatic carbocycles. The lowest BCUT2D eigenvalue weighted by Crippen LogP contribution is -2.19. The van der Waals surface area contributed by atoms with Gasteiger partial charge in [0.05, 0.1) is 23.2 Å². The highest BCUT2D eigenvalue weighted by Crippen LogP contribution is 2.40. The maximum absolute atomic E-state index is 12.0. The molecule has 0 heterocycles. The highest BCUT2D eigenvalue weighted by molar-refractivity contribution is 9.10. The van der Waals surface area contributed by atoms with Gasteiger partial charge in [-0.15, -0.1) is 0 Å². The van der Waals surface area contributed by atoms with Crippen molar-refractivity contribution in [3.05, 3.63) is 22.7 Å². The molecule has 19 heavy (non-hydrogen) atoms. The number of benzene rings is 1. The zero-order valence-electron chi connectivity index (χ0n) is 10.7. The van der Waals surface area contributed by atoms with E-state index in [0.29, 0.717) is 12.1 Å². The van der Waals surface area contributed by atoms with Crippen LogP contribution in [0.5, 0.6) is 0 Å². The van der Waals surface area contributed by atoms with Crippen molar-refractivity contribution in [1.82, 2.24) is 0 Å². The Morgan fingerprint density at radius 1 is 1.37 bits per heavy atom. The molecule has 2 atom stereocenters. The quantitative estimate of drug-likeness (QED) is 0.889. The number of carbonyl (C=O) groups excluding carboxylic acids is 1. The van der Waals surface area contributed by atoms with E-state index in [4.69, 9.17) is 5.11 Å². The van der Waals surface area contributed by atoms with Gasteiger partial charge in [-0.3, -0.25) is 9.59 Å². The minimum atomic E-state index is -0.901. The zero-order valence-corrected chi connectivity index (χ0v) is 12.3. The first-order valence-electron chi connectivity index (χ1n) is 5.90. The molecule has 1 amide bonds. The molecule has 0 aromatic heterocycles. The summed E-state index contributed by atoms with van der Waals surface area (Å²) in [5.41, 5.74) is 1.56. The predicted molar refractivity (Wildman–Crippen MR) is 76.3 cm³/mol. The molecule has 2 N–H and O–H groups in total. The molecular weight excluding hydrogens is 312 g/mol. The minimum absolute atomic E-state index is 0.228. The normalized spacial score (nSPS) is 20.8. The Morgan fingerprint density at radius 3 is 2.58 bits per heavy atom. The average Bonchev–Trinajstić information content (AvgIpc) is 3.08. The van der Waals surface area contributed by atoms with E-state index < -0.39 is 17.8 Å². The summed E-state index contributed by atoms with van der Waals surface area (Å²) in [5.74, 6) is -2.07. The average molecular weight is 327 g/mol. The summed E-state index contributed by atoms with van der Waals surface area (Å²) >= 11 is 3.36. The van der Waals surface area contributed by atoms with Crippen LogP contribution in [0.3, 0.4) is 0 Å². The van der Waals surface area contributed by atoms with Crippen LogP contribution in [0.1, 0.15) is 6.42 Å². The fourth-order valence-corrected chi connectivity index (χ4v) is 2.34. The van der Waals surface area contributed by atoms with Gasteiger partial charge in [0.15, 0.2) is 0 Å². The van der Waals surface area contributed by atoms with Crippen molar-refractivity contribution in [2.75, 3.05) is 24.3 Å². The predicted octanol–water partition coefficient (Wildman–Crippen LogP) is 2.17. The highest BCUT2D eigenvalue weighted by Gasteiger charge is 2.48. The molecule has 0 aliphatic heterocycles. The summed E-state index contributed by atoms with van der Waals surface area (Å²) in [6, 6.07) is 5.59. The van der Waals surface area contributed by atoms with Gasteiger partial charge < -0.3 is 15.3 Å². The molecule has 1 aliphatic rings.